The van der Waals surface area contributed by atoms with E-state index in [1.165, 1.54) is 0 Å². The largest absolute Gasteiger partial charge is 0.384 e. The first-order chi connectivity index (χ1) is 8.17. The first-order valence-corrected chi connectivity index (χ1v) is 5.05. The average molecular weight is 234 g/mol. The van der Waals surface area contributed by atoms with Crippen LogP contribution in [-0.2, 0) is 18.4 Å². The molecule has 90 valence electrons. The van der Waals surface area contributed by atoms with Gasteiger partial charge in [-0.25, -0.2) is 9.97 Å². The lowest BCUT2D eigenvalue weighted by Crippen LogP contribution is -2.04. The molecule has 0 bridgehead atoms. The molecule has 0 spiro atoms. The van der Waals surface area contributed by atoms with Crippen LogP contribution in [0.4, 0.5) is 17.3 Å². The molecule has 2 aromatic rings. The number of nitrogen functional groups attached to an aromatic ring is 1. The zero-order valence-corrected chi connectivity index (χ0v) is 9.71. The van der Waals surface area contributed by atoms with Crippen LogP contribution in [0.2, 0.25) is 0 Å². The van der Waals surface area contributed by atoms with E-state index in [9.17, 15) is 0 Å². The molecule has 0 fully saturated rings. The van der Waals surface area contributed by atoms with E-state index in [4.69, 9.17) is 10.5 Å². The highest BCUT2D eigenvalue weighted by atomic mass is 16.5. The van der Waals surface area contributed by atoms with E-state index in [1.807, 2.05) is 13.2 Å². The molecule has 0 aliphatic heterocycles. The molecule has 7 heteroatoms. The summed E-state index contributed by atoms with van der Waals surface area (Å²) in [5.74, 6) is 1.56. The Hall–Kier alpha value is -2.15. The number of rotatable bonds is 4. The topological polar surface area (TPSA) is 90.9 Å². The molecule has 3 N–H and O–H groups in total. The molecule has 0 aromatic carbocycles. The molecule has 0 saturated heterocycles. The van der Waals surface area contributed by atoms with Crippen LogP contribution in [0.15, 0.2) is 18.5 Å². The van der Waals surface area contributed by atoms with Gasteiger partial charge in [0.05, 0.1) is 11.9 Å². The van der Waals surface area contributed by atoms with Gasteiger partial charge < -0.3 is 15.8 Å². The van der Waals surface area contributed by atoms with Crippen molar-refractivity contribution in [1.82, 2.24) is 19.7 Å². The number of aromatic nitrogens is 4. The number of anilines is 3. The minimum Gasteiger partial charge on any atom is -0.384 e. The molecule has 0 aliphatic carbocycles. The van der Waals surface area contributed by atoms with E-state index in [1.54, 1.807) is 24.1 Å². The molecule has 0 aliphatic rings. The lowest BCUT2D eigenvalue weighted by Gasteiger charge is -2.06. The second kappa shape index (κ2) is 4.79. The van der Waals surface area contributed by atoms with E-state index in [2.05, 4.69) is 20.4 Å². The fourth-order valence-electron chi connectivity index (χ4n) is 1.41. The van der Waals surface area contributed by atoms with Gasteiger partial charge in [-0.2, -0.15) is 5.10 Å². The first kappa shape index (κ1) is 11.3. The molecule has 0 saturated carbocycles. The van der Waals surface area contributed by atoms with Gasteiger partial charge in [0.25, 0.3) is 0 Å². The Morgan fingerprint density at radius 3 is 2.94 bits per heavy atom. The number of hydrogen-bond acceptors (Lipinski definition) is 6. The molecule has 17 heavy (non-hydrogen) atoms. The van der Waals surface area contributed by atoms with Gasteiger partial charge in [-0.05, 0) is 0 Å². The van der Waals surface area contributed by atoms with Gasteiger partial charge in [0.2, 0.25) is 0 Å². The fraction of sp³-hybridized carbons (Fsp3) is 0.300. The number of nitrogens with one attached hydrogen (secondary N) is 1. The normalized spacial score (nSPS) is 10.5. The van der Waals surface area contributed by atoms with Gasteiger partial charge in [-0.15, -0.1) is 0 Å². The minimum absolute atomic E-state index is 0.326. The Bertz CT molecular complexity index is 509. The van der Waals surface area contributed by atoms with E-state index >= 15 is 0 Å². The average Bonchev–Trinajstić information content (AvgIpc) is 2.63. The summed E-state index contributed by atoms with van der Waals surface area (Å²) in [6.45, 7) is 0.326. The van der Waals surface area contributed by atoms with Crippen molar-refractivity contribution < 1.29 is 4.74 Å². The van der Waals surface area contributed by atoms with Crippen LogP contribution in [0.5, 0.6) is 0 Å². The number of methoxy groups -OCH3 is 1. The third kappa shape index (κ3) is 2.91. The maximum atomic E-state index is 5.68. The van der Waals surface area contributed by atoms with Crippen LogP contribution in [0.3, 0.4) is 0 Å². The van der Waals surface area contributed by atoms with Crippen LogP contribution >= 0.6 is 0 Å². The summed E-state index contributed by atoms with van der Waals surface area (Å²) in [7, 11) is 3.43. The molecule has 2 aromatic heterocycles. The maximum absolute atomic E-state index is 5.68. The predicted octanol–water partition coefficient (Wildman–Crippen LogP) is 0.682. The molecule has 7 nitrogen and oxygen atoms in total. The van der Waals surface area contributed by atoms with E-state index in [0.29, 0.717) is 24.1 Å². The lowest BCUT2D eigenvalue weighted by atomic mass is 10.4. The second-order valence-corrected chi connectivity index (χ2v) is 3.55. The van der Waals surface area contributed by atoms with Crippen LogP contribution in [0.25, 0.3) is 0 Å². The Morgan fingerprint density at radius 2 is 2.29 bits per heavy atom. The standard InChI is InChI=1S/C10H14N6O/c1-16-5-7(4-12-16)13-9-3-8(11)14-10(15-9)6-17-2/h3-5H,6H2,1-2H3,(H3,11,13,14,15). The van der Waals surface area contributed by atoms with Gasteiger partial charge in [0, 0.05) is 26.4 Å². The van der Waals surface area contributed by atoms with E-state index in [0.717, 1.165) is 5.69 Å². The van der Waals surface area contributed by atoms with Crippen molar-refractivity contribution in [3.8, 4) is 0 Å². The number of hydrogen-bond donors (Lipinski definition) is 2. The molecule has 2 heterocycles. The number of nitrogens with zero attached hydrogens (tertiary/aromatic N) is 4. The van der Waals surface area contributed by atoms with Crippen LogP contribution < -0.4 is 11.1 Å². The molecule has 2 rings (SSSR count). The molecule has 0 unspecified atom stereocenters. The van der Waals surface area contributed by atoms with Gasteiger partial charge >= 0.3 is 0 Å². The highest BCUT2D eigenvalue weighted by Gasteiger charge is 2.03. The lowest BCUT2D eigenvalue weighted by molar-refractivity contribution is 0.178. The van der Waals surface area contributed by atoms with E-state index in [-0.39, 0.29) is 0 Å². The Labute approximate surface area is 98.6 Å². The van der Waals surface area contributed by atoms with Crippen molar-refractivity contribution in [1.29, 1.82) is 0 Å². The molecular weight excluding hydrogens is 220 g/mol. The van der Waals surface area contributed by atoms with Crippen molar-refractivity contribution in [2.45, 2.75) is 6.61 Å². The minimum atomic E-state index is 0.326. The Morgan fingerprint density at radius 1 is 1.47 bits per heavy atom. The maximum Gasteiger partial charge on any atom is 0.158 e. The third-order valence-electron chi connectivity index (χ3n) is 2.04. The molecule has 0 atom stereocenters. The Balaban J connectivity index is 2.20. The second-order valence-electron chi connectivity index (χ2n) is 3.55. The van der Waals surface area contributed by atoms with Crippen molar-refractivity contribution in [3.05, 3.63) is 24.3 Å². The van der Waals surface area contributed by atoms with Crippen molar-refractivity contribution in [3.63, 3.8) is 0 Å². The molecule has 0 amide bonds. The summed E-state index contributed by atoms with van der Waals surface area (Å²) in [4.78, 5) is 8.31. The van der Waals surface area contributed by atoms with Crippen molar-refractivity contribution >= 4 is 17.3 Å². The third-order valence-corrected chi connectivity index (χ3v) is 2.04. The quantitative estimate of drug-likeness (QED) is 0.808. The summed E-state index contributed by atoms with van der Waals surface area (Å²) in [6, 6.07) is 1.66. The summed E-state index contributed by atoms with van der Waals surface area (Å²) in [6.07, 6.45) is 3.54. The monoisotopic (exact) mass is 234 g/mol. The van der Waals surface area contributed by atoms with Crippen LogP contribution in [0, 0.1) is 0 Å². The van der Waals surface area contributed by atoms with Gasteiger partial charge in [0.1, 0.15) is 18.2 Å². The number of ether oxygens (including phenoxy) is 1. The number of aryl methyl sites for hydroxylation is 1. The summed E-state index contributed by atoms with van der Waals surface area (Å²) in [5, 5.41) is 7.14. The van der Waals surface area contributed by atoms with Crippen LogP contribution in [0.1, 0.15) is 5.82 Å². The predicted molar refractivity (Wildman–Crippen MR) is 63.6 cm³/mol. The van der Waals surface area contributed by atoms with Crippen molar-refractivity contribution in [2.75, 3.05) is 18.2 Å². The first-order valence-electron chi connectivity index (χ1n) is 5.05. The Kier molecular flexibility index (Phi) is 3.20. The number of nitrogens with two attached hydrogens (primary N) is 1. The zero-order valence-electron chi connectivity index (χ0n) is 9.71. The summed E-state index contributed by atoms with van der Waals surface area (Å²) < 4.78 is 6.66. The SMILES string of the molecule is COCc1nc(N)cc(Nc2cnn(C)c2)n1. The van der Waals surface area contributed by atoms with Gasteiger partial charge in [-0.1, -0.05) is 0 Å². The smallest absolute Gasteiger partial charge is 0.158 e. The molecular formula is C10H14N6O. The van der Waals surface area contributed by atoms with Gasteiger partial charge in [0.15, 0.2) is 5.82 Å². The highest BCUT2D eigenvalue weighted by molar-refractivity contribution is 5.56. The van der Waals surface area contributed by atoms with Gasteiger partial charge in [-0.3, -0.25) is 4.68 Å². The molecule has 0 radical (unpaired) electrons. The van der Waals surface area contributed by atoms with E-state index < -0.39 is 0 Å². The summed E-state index contributed by atoms with van der Waals surface area (Å²) >= 11 is 0. The van der Waals surface area contributed by atoms with Crippen molar-refractivity contribution in [2.24, 2.45) is 7.05 Å². The zero-order chi connectivity index (χ0) is 12.3. The summed E-state index contributed by atoms with van der Waals surface area (Å²) in [5.41, 5.74) is 6.52. The van der Waals surface area contributed by atoms with Crippen LogP contribution in [-0.4, -0.2) is 26.9 Å². The fourth-order valence-corrected chi connectivity index (χ4v) is 1.41. The highest BCUT2D eigenvalue weighted by Crippen LogP contribution is 2.15.